The smallest absolute Gasteiger partial charge is 0.165 e. The number of nitrogens with zero attached hydrogens (tertiary/aromatic N) is 2. The summed E-state index contributed by atoms with van der Waals surface area (Å²) in [6.45, 7) is 3.63. The van der Waals surface area contributed by atoms with Crippen molar-refractivity contribution in [2.45, 2.75) is 26.7 Å². The molecule has 0 aliphatic carbocycles. The lowest BCUT2D eigenvalue weighted by Gasteiger charge is -2.05. The Morgan fingerprint density at radius 3 is 2.53 bits per heavy atom. The topological polar surface area (TPSA) is 77.0 Å². The minimum absolute atomic E-state index is 0.00301. The van der Waals surface area contributed by atoms with Crippen LogP contribution < -0.4 is 0 Å². The van der Waals surface area contributed by atoms with Gasteiger partial charge in [-0.15, -0.1) is 0 Å². The van der Waals surface area contributed by atoms with Crippen LogP contribution in [0.1, 0.15) is 35.1 Å². The number of Topliss-reactive ketones (excluding diaryl/α,β-unsaturated/α-hetero) is 1. The zero-order valence-corrected chi connectivity index (χ0v) is 11.0. The summed E-state index contributed by atoms with van der Waals surface area (Å²) in [4.78, 5) is 11.9. The van der Waals surface area contributed by atoms with Crippen LogP contribution in [0.4, 0.5) is 0 Å². The van der Waals surface area contributed by atoms with Gasteiger partial charge in [-0.2, -0.15) is 10.2 Å². The molecule has 0 atom stereocenters. The van der Waals surface area contributed by atoms with E-state index in [0.29, 0.717) is 23.4 Å². The minimum Gasteiger partial charge on any atom is -0.294 e. The lowest BCUT2D eigenvalue weighted by Crippen LogP contribution is -2.13. The number of hydrogen-bond acceptors (Lipinski definition) is 5. The van der Waals surface area contributed by atoms with E-state index >= 15 is 0 Å². The maximum Gasteiger partial charge on any atom is 0.165 e. The SMILES string of the molecule is CCc1nnc(C)cc1C(=O)CCS(C)(=O)=O. The maximum atomic E-state index is 11.9. The van der Waals surface area contributed by atoms with Gasteiger partial charge in [0.2, 0.25) is 0 Å². The number of hydrogen-bond donors (Lipinski definition) is 0. The van der Waals surface area contributed by atoms with Crippen molar-refractivity contribution in [2.75, 3.05) is 12.0 Å². The number of rotatable bonds is 5. The molecule has 0 N–H and O–H groups in total. The number of carbonyl (C=O) groups excluding carboxylic acids is 1. The summed E-state index contributed by atoms with van der Waals surface area (Å²) in [5.41, 5.74) is 1.77. The Morgan fingerprint density at radius 2 is 2.00 bits per heavy atom. The van der Waals surface area contributed by atoms with Gasteiger partial charge in [0.05, 0.1) is 17.1 Å². The van der Waals surface area contributed by atoms with E-state index in [1.807, 2.05) is 6.92 Å². The van der Waals surface area contributed by atoms with Gasteiger partial charge < -0.3 is 0 Å². The summed E-state index contributed by atoms with van der Waals surface area (Å²) in [7, 11) is -3.11. The van der Waals surface area contributed by atoms with E-state index in [0.717, 1.165) is 6.26 Å². The molecule has 1 aromatic rings. The Hall–Kier alpha value is -1.30. The molecule has 0 unspecified atom stereocenters. The molecule has 0 aliphatic rings. The lowest BCUT2D eigenvalue weighted by atomic mass is 10.1. The first kappa shape index (κ1) is 13.8. The summed E-state index contributed by atoms with van der Waals surface area (Å²) >= 11 is 0. The van der Waals surface area contributed by atoms with E-state index in [4.69, 9.17) is 0 Å². The van der Waals surface area contributed by atoms with Crippen molar-refractivity contribution >= 4 is 15.6 Å². The van der Waals surface area contributed by atoms with Crippen molar-refractivity contribution < 1.29 is 13.2 Å². The van der Waals surface area contributed by atoms with Gasteiger partial charge in [-0.3, -0.25) is 4.79 Å². The molecular formula is C11H16N2O3S. The molecule has 0 amide bonds. The summed E-state index contributed by atoms with van der Waals surface area (Å²) in [6, 6.07) is 1.66. The van der Waals surface area contributed by atoms with Gasteiger partial charge in [0.15, 0.2) is 5.78 Å². The summed E-state index contributed by atoms with van der Waals surface area (Å²) in [6.07, 6.45) is 1.72. The summed E-state index contributed by atoms with van der Waals surface area (Å²) in [5, 5.41) is 7.82. The molecule has 0 bridgehead atoms. The normalized spacial score (nSPS) is 11.5. The van der Waals surface area contributed by atoms with Crippen LogP contribution in [0.3, 0.4) is 0 Å². The van der Waals surface area contributed by atoms with E-state index < -0.39 is 9.84 Å². The van der Waals surface area contributed by atoms with Crippen molar-refractivity contribution in [3.63, 3.8) is 0 Å². The second kappa shape index (κ2) is 5.35. The Morgan fingerprint density at radius 1 is 1.35 bits per heavy atom. The van der Waals surface area contributed by atoms with Gasteiger partial charge in [0.25, 0.3) is 0 Å². The third-order valence-corrected chi connectivity index (χ3v) is 3.27. The highest BCUT2D eigenvalue weighted by Crippen LogP contribution is 2.11. The van der Waals surface area contributed by atoms with Crippen molar-refractivity contribution in [3.05, 3.63) is 23.0 Å². The third kappa shape index (κ3) is 4.22. The van der Waals surface area contributed by atoms with Crippen LogP contribution in [-0.2, 0) is 16.3 Å². The van der Waals surface area contributed by atoms with Crippen molar-refractivity contribution in [3.8, 4) is 0 Å². The number of sulfone groups is 1. The zero-order chi connectivity index (χ0) is 13.1. The predicted molar refractivity (Wildman–Crippen MR) is 64.8 cm³/mol. The van der Waals surface area contributed by atoms with Crippen molar-refractivity contribution in [1.82, 2.24) is 10.2 Å². The van der Waals surface area contributed by atoms with E-state index in [-0.39, 0.29) is 18.0 Å². The molecule has 0 aromatic carbocycles. The van der Waals surface area contributed by atoms with Crippen LogP contribution in [0.2, 0.25) is 0 Å². The monoisotopic (exact) mass is 256 g/mol. The van der Waals surface area contributed by atoms with E-state index in [2.05, 4.69) is 10.2 Å². The van der Waals surface area contributed by atoms with Crippen LogP contribution in [0.15, 0.2) is 6.07 Å². The second-order valence-corrected chi connectivity index (χ2v) is 6.26. The quantitative estimate of drug-likeness (QED) is 0.733. The molecule has 0 radical (unpaired) electrons. The first-order valence-electron chi connectivity index (χ1n) is 5.37. The number of ketones is 1. The summed E-state index contributed by atoms with van der Waals surface area (Å²) in [5.74, 6) is -0.318. The van der Waals surface area contributed by atoms with Crippen LogP contribution in [0.25, 0.3) is 0 Å². The zero-order valence-electron chi connectivity index (χ0n) is 10.2. The average molecular weight is 256 g/mol. The van der Waals surface area contributed by atoms with Gasteiger partial charge >= 0.3 is 0 Å². The molecule has 17 heavy (non-hydrogen) atoms. The maximum absolute atomic E-state index is 11.9. The highest BCUT2D eigenvalue weighted by molar-refractivity contribution is 7.90. The van der Waals surface area contributed by atoms with E-state index in [9.17, 15) is 13.2 Å². The largest absolute Gasteiger partial charge is 0.294 e. The van der Waals surface area contributed by atoms with Crippen LogP contribution in [0, 0.1) is 6.92 Å². The fourth-order valence-corrected chi connectivity index (χ4v) is 1.99. The minimum atomic E-state index is -3.11. The van der Waals surface area contributed by atoms with Gasteiger partial charge in [-0.1, -0.05) is 6.92 Å². The summed E-state index contributed by atoms with van der Waals surface area (Å²) < 4.78 is 22.0. The van der Waals surface area contributed by atoms with Gasteiger partial charge in [-0.05, 0) is 19.4 Å². The first-order chi connectivity index (χ1) is 7.83. The molecule has 0 saturated heterocycles. The molecule has 0 spiro atoms. The third-order valence-electron chi connectivity index (χ3n) is 2.33. The molecular weight excluding hydrogens is 240 g/mol. The Kier molecular flexibility index (Phi) is 4.34. The van der Waals surface area contributed by atoms with Crippen LogP contribution >= 0.6 is 0 Å². The highest BCUT2D eigenvalue weighted by Gasteiger charge is 2.15. The van der Waals surface area contributed by atoms with Crippen molar-refractivity contribution in [2.24, 2.45) is 0 Å². The Bertz CT molecular complexity index is 524. The van der Waals surface area contributed by atoms with E-state index in [1.165, 1.54) is 0 Å². The molecule has 0 fully saturated rings. The molecule has 5 nitrogen and oxygen atoms in total. The fourth-order valence-electron chi connectivity index (χ4n) is 1.43. The number of carbonyl (C=O) groups is 1. The molecule has 0 saturated carbocycles. The molecule has 1 heterocycles. The van der Waals surface area contributed by atoms with Gasteiger partial charge in [0, 0.05) is 18.2 Å². The molecule has 0 aliphatic heterocycles. The highest BCUT2D eigenvalue weighted by atomic mass is 32.2. The molecule has 1 aromatic heterocycles. The first-order valence-corrected chi connectivity index (χ1v) is 7.43. The van der Waals surface area contributed by atoms with E-state index in [1.54, 1.807) is 13.0 Å². The Balaban J connectivity index is 2.92. The molecule has 1 rings (SSSR count). The average Bonchev–Trinajstić information content (AvgIpc) is 2.25. The van der Waals surface area contributed by atoms with Crippen molar-refractivity contribution in [1.29, 1.82) is 0 Å². The van der Waals surface area contributed by atoms with Crippen LogP contribution in [-0.4, -0.2) is 36.4 Å². The molecule has 94 valence electrons. The Labute approximate surface area is 101 Å². The standard InChI is InChI=1S/C11H16N2O3S/c1-4-10-9(7-8(2)12-13-10)11(14)5-6-17(3,15)16/h7H,4-6H2,1-3H3. The number of aromatic nitrogens is 2. The number of aryl methyl sites for hydroxylation is 2. The van der Waals surface area contributed by atoms with Gasteiger partial charge in [0.1, 0.15) is 9.84 Å². The predicted octanol–water partition coefficient (Wildman–Crippen LogP) is 0.965. The lowest BCUT2D eigenvalue weighted by molar-refractivity contribution is 0.0987. The van der Waals surface area contributed by atoms with Crippen LogP contribution in [0.5, 0.6) is 0 Å². The van der Waals surface area contributed by atoms with Gasteiger partial charge in [-0.25, -0.2) is 8.42 Å². The fraction of sp³-hybridized carbons (Fsp3) is 0.545. The second-order valence-electron chi connectivity index (χ2n) is 4.00. The molecule has 6 heteroatoms.